The molecule has 318 valence electrons. The molecule has 0 aromatic heterocycles. The Balaban J connectivity index is 1.88. The largest absolute Gasteiger partial charge is 0.492 e. The average Bonchev–Trinajstić information content (AvgIpc) is 3.22. The zero-order valence-electron chi connectivity index (χ0n) is 33.8. The van der Waals surface area contributed by atoms with Gasteiger partial charge in [0, 0.05) is 49.3 Å². The van der Waals surface area contributed by atoms with E-state index in [9.17, 15) is 28.8 Å². The summed E-state index contributed by atoms with van der Waals surface area (Å²) >= 11 is 0. The Morgan fingerprint density at radius 1 is 0.933 bits per heavy atom. The predicted molar refractivity (Wildman–Crippen MR) is 223 cm³/mol. The van der Waals surface area contributed by atoms with Crippen molar-refractivity contribution in [3.05, 3.63) is 88.5 Å². The van der Waals surface area contributed by atoms with Crippen LogP contribution in [0, 0.1) is 18.3 Å². The number of ether oxygens (including phenoxy) is 2. The molecule has 1 heterocycles. The summed E-state index contributed by atoms with van der Waals surface area (Å²) in [5.41, 5.74) is 26.0. The molecule has 0 saturated carbocycles. The number of fused-ring (bicyclic) bond motifs is 5. The van der Waals surface area contributed by atoms with Gasteiger partial charge in [0.2, 0.25) is 29.5 Å². The fourth-order valence-corrected chi connectivity index (χ4v) is 6.56. The Morgan fingerprint density at radius 2 is 1.60 bits per heavy atom. The highest BCUT2D eigenvalue weighted by molar-refractivity contribution is 6.02. The Hall–Kier alpha value is -6.81. The van der Waals surface area contributed by atoms with E-state index in [1.807, 2.05) is 6.07 Å². The number of carbonyl (C=O) groups excluding carboxylic acids is 6. The molecule has 1 aliphatic rings. The first-order chi connectivity index (χ1) is 28.7. The zero-order valence-corrected chi connectivity index (χ0v) is 33.8. The molecule has 0 radical (unpaired) electrons. The van der Waals surface area contributed by atoms with Crippen LogP contribution in [0.4, 0.5) is 0 Å². The van der Waals surface area contributed by atoms with E-state index in [1.54, 1.807) is 61.5 Å². The summed E-state index contributed by atoms with van der Waals surface area (Å²) in [7, 11) is 1.38. The Morgan fingerprint density at radius 3 is 2.23 bits per heavy atom. The molecule has 4 atom stereocenters. The van der Waals surface area contributed by atoms with Crippen molar-refractivity contribution in [3.63, 3.8) is 0 Å². The molecular formula is C42H52N10O8. The van der Waals surface area contributed by atoms with Gasteiger partial charge in [0.1, 0.15) is 55.4 Å². The number of rotatable bonds is 16. The van der Waals surface area contributed by atoms with Gasteiger partial charge in [-0.25, -0.2) is 0 Å². The Bertz CT molecular complexity index is 2150. The lowest BCUT2D eigenvalue weighted by molar-refractivity contribution is -0.141. The molecule has 0 unspecified atom stereocenters. The smallest absolute Gasteiger partial charge is 0.252 e. The second-order valence-corrected chi connectivity index (χ2v) is 14.0. The van der Waals surface area contributed by atoms with Crippen LogP contribution in [-0.2, 0) is 30.4 Å². The van der Waals surface area contributed by atoms with Gasteiger partial charge in [0.25, 0.3) is 5.91 Å². The normalized spacial score (nSPS) is 16.9. The molecule has 3 aromatic rings. The van der Waals surface area contributed by atoms with E-state index in [0.29, 0.717) is 39.3 Å². The number of aryl methyl sites for hydroxylation is 1. The van der Waals surface area contributed by atoms with Gasteiger partial charge in [-0.1, -0.05) is 29.8 Å². The second kappa shape index (κ2) is 21.8. The van der Waals surface area contributed by atoms with Crippen LogP contribution in [0.1, 0.15) is 52.0 Å². The van der Waals surface area contributed by atoms with Crippen LogP contribution in [0.15, 0.2) is 60.7 Å². The quantitative estimate of drug-likeness (QED) is 0.0681. The van der Waals surface area contributed by atoms with E-state index in [1.165, 1.54) is 20.0 Å². The lowest BCUT2D eigenvalue weighted by atomic mass is 9.93. The lowest BCUT2D eigenvalue weighted by Crippen LogP contribution is -2.56. The van der Waals surface area contributed by atoms with Crippen LogP contribution in [0.2, 0.25) is 0 Å². The summed E-state index contributed by atoms with van der Waals surface area (Å²) in [5, 5.41) is 19.7. The van der Waals surface area contributed by atoms with Crippen LogP contribution in [-0.4, -0.2) is 105 Å². The van der Waals surface area contributed by atoms with Crippen molar-refractivity contribution < 1.29 is 38.2 Å². The fraction of sp³-hybridized carbons (Fsp3) is 0.357. The van der Waals surface area contributed by atoms with Gasteiger partial charge in [0.05, 0.1) is 6.07 Å². The van der Waals surface area contributed by atoms with Crippen molar-refractivity contribution in [2.45, 2.75) is 50.9 Å². The molecule has 4 rings (SSSR count). The van der Waals surface area contributed by atoms with Crippen LogP contribution in [0.5, 0.6) is 11.5 Å². The van der Waals surface area contributed by atoms with E-state index in [2.05, 4.69) is 21.3 Å². The molecule has 6 amide bonds. The maximum absolute atomic E-state index is 14.5. The van der Waals surface area contributed by atoms with E-state index < -0.39 is 59.6 Å². The summed E-state index contributed by atoms with van der Waals surface area (Å²) in [6, 6.07) is 11.7. The van der Waals surface area contributed by atoms with E-state index in [0.717, 1.165) is 16.5 Å². The molecule has 0 aliphatic carbocycles. The highest BCUT2D eigenvalue weighted by atomic mass is 16.5. The number of primary amides is 1. The molecule has 12 N–H and O–H groups in total. The number of nitrogens with zero attached hydrogens (tertiary/aromatic N) is 2. The van der Waals surface area contributed by atoms with Gasteiger partial charge in [-0.3, -0.25) is 28.8 Å². The molecule has 18 heteroatoms. The zero-order chi connectivity index (χ0) is 43.9. The van der Waals surface area contributed by atoms with E-state index >= 15 is 0 Å². The van der Waals surface area contributed by atoms with Gasteiger partial charge >= 0.3 is 0 Å². The number of likely N-dealkylation sites (N-methyl/N-ethyl adjacent to an activating group) is 1. The third-order valence-electron chi connectivity index (χ3n) is 9.49. The van der Waals surface area contributed by atoms with Crippen LogP contribution < -0.4 is 53.7 Å². The SMILES string of the molecule is Cc1ccc(C(=O)N[C@@H](CCN)C(=O)N(C)[C@@H]2C(=O)N[C@@H](C)C(=O)N[C@H](C(=O)NCC#N)Cc3ccc(OCCN)c(c3)-c3cc2ccc3OCCN)c(/C=C/C(N)=O)c1. The number of nitrogens with one attached hydrogen (secondary N) is 4. The first-order valence-corrected chi connectivity index (χ1v) is 19.3. The lowest BCUT2D eigenvalue weighted by Gasteiger charge is -2.32. The monoisotopic (exact) mass is 824 g/mol. The van der Waals surface area contributed by atoms with Crippen LogP contribution >= 0.6 is 0 Å². The van der Waals surface area contributed by atoms with Crippen molar-refractivity contribution in [1.82, 2.24) is 26.2 Å². The highest BCUT2D eigenvalue weighted by Gasteiger charge is 2.36. The summed E-state index contributed by atoms with van der Waals surface area (Å²) in [6.07, 6.45) is 2.48. The topological polar surface area (TPSA) is 300 Å². The fourth-order valence-electron chi connectivity index (χ4n) is 6.56. The van der Waals surface area contributed by atoms with Crippen molar-refractivity contribution in [3.8, 4) is 28.7 Å². The van der Waals surface area contributed by atoms with Crippen molar-refractivity contribution in [2.75, 3.05) is 46.4 Å². The number of benzene rings is 3. The molecular weight excluding hydrogens is 773 g/mol. The summed E-state index contributed by atoms with van der Waals surface area (Å²) < 4.78 is 12.1. The Labute approximate surface area is 348 Å². The Kier molecular flexibility index (Phi) is 16.7. The van der Waals surface area contributed by atoms with E-state index in [-0.39, 0.29) is 57.8 Å². The minimum atomic E-state index is -1.42. The third kappa shape index (κ3) is 11.9. The molecule has 18 nitrogen and oxygen atoms in total. The van der Waals surface area contributed by atoms with Gasteiger partial charge < -0.3 is 58.6 Å². The first kappa shape index (κ1) is 45.9. The number of nitriles is 1. The van der Waals surface area contributed by atoms with Gasteiger partial charge in [-0.15, -0.1) is 0 Å². The van der Waals surface area contributed by atoms with Crippen LogP contribution in [0.3, 0.4) is 0 Å². The number of amides is 6. The molecule has 0 fully saturated rings. The molecule has 0 saturated heterocycles. The molecule has 60 heavy (non-hydrogen) atoms. The minimum absolute atomic E-state index is 0.00779. The second-order valence-electron chi connectivity index (χ2n) is 14.0. The average molecular weight is 825 g/mol. The highest BCUT2D eigenvalue weighted by Crippen LogP contribution is 2.40. The molecule has 3 aromatic carbocycles. The summed E-state index contributed by atoms with van der Waals surface area (Å²) in [4.78, 5) is 82.3. The van der Waals surface area contributed by atoms with Gasteiger partial charge in [-0.05, 0) is 79.9 Å². The number of hydrogen-bond donors (Lipinski definition) is 8. The molecule has 0 spiro atoms. The molecule has 4 bridgehead atoms. The van der Waals surface area contributed by atoms with Crippen molar-refractivity contribution >= 4 is 41.5 Å². The minimum Gasteiger partial charge on any atom is -0.492 e. The van der Waals surface area contributed by atoms with Gasteiger partial charge in [-0.2, -0.15) is 5.26 Å². The van der Waals surface area contributed by atoms with Crippen molar-refractivity contribution in [2.24, 2.45) is 22.9 Å². The maximum Gasteiger partial charge on any atom is 0.252 e. The first-order valence-electron chi connectivity index (χ1n) is 19.3. The third-order valence-corrected chi connectivity index (χ3v) is 9.49. The summed E-state index contributed by atoms with van der Waals surface area (Å²) in [6.45, 7) is 3.52. The standard InChI is InChI=1S/C42H52N10O8/c1-24-4-8-29(27(20-24)7-11-36(47)53)39(55)50-32(12-13-43)42(58)52(3)37-28-6-10-35(60-19-16-46)31(23-28)30-21-26(5-9-34(30)59-18-15-45)22-33(40(56)48-17-14-44)51-38(54)25(2)49-41(37)57/h4-11,20-21,23,25,32-33,37H,12-13,15-19,22,43,45-46H2,1-3H3,(H2,47,53)(H,48,56)(H,49,57)(H,50,55)(H,51,54)/b11-7+/t25-,32-,33-,37-/m0/s1. The number of hydrogen-bond acceptors (Lipinski definition) is 12. The van der Waals surface area contributed by atoms with Gasteiger partial charge in [0.15, 0.2) is 0 Å². The maximum atomic E-state index is 14.5. The van der Waals surface area contributed by atoms with E-state index in [4.69, 9.17) is 37.7 Å². The molecule has 1 aliphatic heterocycles. The number of carbonyl (C=O) groups is 6. The van der Waals surface area contributed by atoms with Crippen molar-refractivity contribution in [1.29, 1.82) is 5.26 Å². The summed E-state index contributed by atoms with van der Waals surface area (Å²) in [5.74, 6) is -3.45. The predicted octanol–water partition coefficient (Wildman–Crippen LogP) is -0.332. The van der Waals surface area contributed by atoms with Crippen LogP contribution in [0.25, 0.3) is 17.2 Å². The number of nitrogens with two attached hydrogens (primary N) is 4.